The van der Waals surface area contributed by atoms with E-state index in [1.165, 1.54) is 11.1 Å². The maximum Gasteiger partial charge on any atom is 0.344 e. The Kier molecular flexibility index (Phi) is 5.49. The van der Waals surface area contributed by atoms with E-state index in [4.69, 9.17) is 4.74 Å². The van der Waals surface area contributed by atoms with Gasteiger partial charge in [-0.2, -0.15) is 5.01 Å². The van der Waals surface area contributed by atoms with Crippen LogP contribution in [-0.4, -0.2) is 41.0 Å². The van der Waals surface area contributed by atoms with Crippen LogP contribution in [0.15, 0.2) is 18.2 Å². The topological polar surface area (TPSA) is 105 Å². The van der Waals surface area contributed by atoms with Crippen molar-refractivity contribution in [2.24, 2.45) is 5.92 Å². The second-order valence-electron chi connectivity index (χ2n) is 8.66. The van der Waals surface area contributed by atoms with Crippen LogP contribution in [0.4, 0.5) is 4.79 Å². The smallest absolute Gasteiger partial charge is 0.344 e. The fraction of sp³-hybridized carbons (Fsp3) is 0.545. The molecule has 0 bridgehead atoms. The van der Waals surface area contributed by atoms with E-state index in [-0.39, 0.29) is 6.42 Å². The lowest BCUT2D eigenvalue weighted by atomic mass is 9.77. The number of carbonyl (C=O) groups excluding carboxylic acids is 4. The summed E-state index contributed by atoms with van der Waals surface area (Å²) in [6.45, 7) is 1.57. The Hall–Kier alpha value is -2.90. The first-order chi connectivity index (χ1) is 14.4. The molecule has 2 fully saturated rings. The van der Waals surface area contributed by atoms with Crippen molar-refractivity contribution >= 4 is 23.8 Å². The van der Waals surface area contributed by atoms with Gasteiger partial charge in [0.2, 0.25) is 0 Å². The number of amides is 4. The van der Waals surface area contributed by atoms with E-state index in [0.29, 0.717) is 23.8 Å². The molecule has 4 rings (SSSR count). The maximum absolute atomic E-state index is 12.7. The Bertz CT molecular complexity index is 889. The van der Waals surface area contributed by atoms with Gasteiger partial charge in [0.15, 0.2) is 6.61 Å². The van der Waals surface area contributed by atoms with E-state index in [1.54, 1.807) is 0 Å². The first-order valence-electron chi connectivity index (χ1n) is 10.6. The molecule has 8 heteroatoms. The van der Waals surface area contributed by atoms with Gasteiger partial charge in [0.05, 0.1) is 6.42 Å². The molecule has 1 aliphatic heterocycles. The predicted molar refractivity (Wildman–Crippen MR) is 107 cm³/mol. The van der Waals surface area contributed by atoms with Crippen LogP contribution in [0, 0.1) is 5.92 Å². The van der Waals surface area contributed by atoms with Crippen molar-refractivity contribution < 1.29 is 23.9 Å². The highest BCUT2D eigenvalue weighted by Gasteiger charge is 2.52. The zero-order valence-corrected chi connectivity index (χ0v) is 17.2. The number of esters is 1. The highest BCUT2D eigenvalue weighted by atomic mass is 16.5. The van der Waals surface area contributed by atoms with E-state index in [9.17, 15) is 19.2 Å². The highest BCUT2D eigenvalue weighted by molar-refractivity contribution is 6.08. The normalized spacial score (nSPS) is 25.2. The van der Waals surface area contributed by atoms with E-state index in [1.807, 2.05) is 18.2 Å². The van der Waals surface area contributed by atoms with Gasteiger partial charge in [0.25, 0.3) is 11.8 Å². The Morgan fingerprint density at radius 2 is 1.93 bits per heavy atom. The molecule has 2 N–H and O–H groups in total. The van der Waals surface area contributed by atoms with Crippen LogP contribution in [-0.2, 0) is 38.4 Å². The van der Waals surface area contributed by atoms with E-state index >= 15 is 0 Å². The van der Waals surface area contributed by atoms with Crippen molar-refractivity contribution in [1.82, 2.24) is 15.8 Å². The number of aryl methyl sites for hydroxylation is 2. The van der Waals surface area contributed by atoms with Gasteiger partial charge in [-0.25, -0.2) is 4.79 Å². The fourth-order valence-corrected chi connectivity index (χ4v) is 4.57. The molecule has 1 aromatic carbocycles. The molecule has 1 heterocycles. The zero-order chi connectivity index (χ0) is 21.3. The number of rotatable bonds is 5. The monoisotopic (exact) mass is 413 g/mol. The van der Waals surface area contributed by atoms with Gasteiger partial charge in [0, 0.05) is 0 Å². The average Bonchev–Trinajstić information content (AvgIpc) is 3.27. The van der Waals surface area contributed by atoms with Crippen LogP contribution >= 0.6 is 0 Å². The molecule has 30 heavy (non-hydrogen) atoms. The molecule has 1 aromatic rings. The minimum atomic E-state index is -0.929. The summed E-state index contributed by atoms with van der Waals surface area (Å²) in [7, 11) is 0. The van der Waals surface area contributed by atoms with E-state index in [2.05, 4.69) is 17.7 Å². The number of nitrogens with one attached hydrogen (secondary N) is 2. The minimum absolute atomic E-state index is 0.0744. The zero-order valence-electron chi connectivity index (χ0n) is 17.2. The Morgan fingerprint density at radius 3 is 2.70 bits per heavy atom. The first-order valence-corrected chi connectivity index (χ1v) is 10.6. The van der Waals surface area contributed by atoms with Gasteiger partial charge in [0.1, 0.15) is 5.54 Å². The number of benzene rings is 1. The Labute approximate surface area is 175 Å². The predicted octanol–water partition coefficient (Wildman–Crippen LogP) is 1.79. The molecule has 2 aliphatic carbocycles. The molecule has 3 aliphatic rings. The van der Waals surface area contributed by atoms with Gasteiger partial charge in [-0.1, -0.05) is 25.1 Å². The summed E-state index contributed by atoms with van der Waals surface area (Å²) in [6.07, 6.45) is 6.10. The van der Waals surface area contributed by atoms with Crippen LogP contribution in [0.3, 0.4) is 0 Å². The van der Waals surface area contributed by atoms with Gasteiger partial charge >= 0.3 is 12.0 Å². The standard InChI is InChI=1S/C22H27N3O5/c1-14-7-9-22(10-8-14)20(28)25(21(29)23-22)24-18(26)13-30-19(27)12-15-5-6-16-3-2-4-17(16)11-15/h5-6,11,14H,2-4,7-10,12-13H2,1H3,(H,23,29)(H,24,26). The number of hydrazine groups is 1. The third-order valence-corrected chi connectivity index (χ3v) is 6.40. The number of urea groups is 1. The summed E-state index contributed by atoms with van der Waals surface area (Å²) in [6, 6.07) is 5.31. The maximum atomic E-state index is 12.7. The van der Waals surface area contributed by atoms with Crippen LogP contribution in [0.25, 0.3) is 0 Å². The summed E-state index contributed by atoms with van der Waals surface area (Å²) in [5, 5.41) is 3.44. The summed E-state index contributed by atoms with van der Waals surface area (Å²) < 4.78 is 5.04. The molecule has 0 aromatic heterocycles. The molecule has 1 saturated carbocycles. The Balaban J connectivity index is 1.27. The van der Waals surface area contributed by atoms with Crippen molar-refractivity contribution in [3.05, 3.63) is 34.9 Å². The molecule has 8 nitrogen and oxygen atoms in total. The SMILES string of the molecule is CC1CCC2(CC1)NC(=O)N(NC(=O)COC(=O)Cc1ccc3c(c1)CCC3)C2=O. The minimum Gasteiger partial charge on any atom is -0.455 e. The lowest BCUT2D eigenvalue weighted by Crippen LogP contribution is -2.52. The summed E-state index contributed by atoms with van der Waals surface area (Å²) in [5.74, 6) is -1.19. The summed E-state index contributed by atoms with van der Waals surface area (Å²) in [5.41, 5.74) is 4.78. The Morgan fingerprint density at radius 1 is 1.20 bits per heavy atom. The summed E-state index contributed by atoms with van der Waals surface area (Å²) >= 11 is 0. The largest absolute Gasteiger partial charge is 0.455 e. The highest BCUT2D eigenvalue weighted by Crippen LogP contribution is 2.35. The van der Waals surface area contributed by atoms with Crippen LogP contribution in [0.5, 0.6) is 0 Å². The average molecular weight is 413 g/mol. The number of hydrogen-bond donors (Lipinski definition) is 2. The van der Waals surface area contributed by atoms with Crippen LogP contribution in [0.1, 0.15) is 55.7 Å². The van der Waals surface area contributed by atoms with Crippen molar-refractivity contribution in [1.29, 1.82) is 0 Å². The van der Waals surface area contributed by atoms with E-state index < -0.39 is 36.0 Å². The number of carbonyl (C=O) groups is 4. The van der Waals surface area contributed by atoms with Crippen molar-refractivity contribution in [2.45, 2.75) is 63.8 Å². The van der Waals surface area contributed by atoms with Crippen LogP contribution in [0.2, 0.25) is 0 Å². The molecule has 0 unspecified atom stereocenters. The molecule has 1 spiro atoms. The summed E-state index contributed by atoms with van der Waals surface area (Å²) in [4.78, 5) is 49.2. The lowest BCUT2D eigenvalue weighted by molar-refractivity contribution is -0.150. The third-order valence-electron chi connectivity index (χ3n) is 6.40. The number of ether oxygens (including phenoxy) is 1. The fourth-order valence-electron chi connectivity index (χ4n) is 4.57. The molecule has 0 atom stereocenters. The van der Waals surface area contributed by atoms with E-state index in [0.717, 1.165) is 37.7 Å². The molecule has 4 amide bonds. The number of imide groups is 1. The van der Waals surface area contributed by atoms with Gasteiger partial charge in [-0.3, -0.25) is 19.8 Å². The number of fused-ring (bicyclic) bond motifs is 1. The molecule has 160 valence electrons. The second-order valence-corrected chi connectivity index (χ2v) is 8.66. The van der Waals surface area contributed by atoms with Crippen molar-refractivity contribution in [3.63, 3.8) is 0 Å². The van der Waals surface area contributed by atoms with Gasteiger partial charge in [-0.15, -0.1) is 0 Å². The third kappa shape index (κ3) is 4.04. The molecular formula is C22H27N3O5. The molecular weight excluding hydrogens is 386 g/mol. The van der Waals surface area contributed by atoms with Crippen molar-refractivity contribution in [3.8, 4) is 0 Å². The number of nitrogens with zero attached hydrogens (tertiary/aromatic N) is 1. The lowest BCUT2D eigenvalue weighted by Gasteiger charge is -2.33. The molecule has 1 saturated heterocycles. The van der Waals surface area contributed by atoms with Crippen LogP contribution < -0.4 is 10.7 Å². The first kappa shape index (κ1) is 20.4. The molecule has 0 radical (unpaired) electrons. The number of hydrogen-bond acceptors (Lipinski definition) is 5. The van der Waals surface area contributed by atoms with Gasteiger partial charge < -0.3 is 10.1 Å². The van der Waals surface area contributed by atoms with Gasteiger partial charge in [-0.05, 0) is 67.6 Å². The van der Waals surface area contributed by atoms with Crippen molar-refractivity contribution in [2.75, 3.05) is 6.61 Å². The second kappa shape index (κ2) is 8.08. The quantitative estimate of drug-likeness (QED) is 0.566.